The Morgan fingerprint density at radius 2 is 2.03 bits per heavy atom. The van der Waals surface area contributed by atoms with Crippen molar-refractivity contribution >= 4 is 23.2 Å². The van der Waals surface area contributed by atoms with E-state index in [-0.39, 0.29) is 11.6 Å². The maximum atomic E-state index is 13.3. The molecule has 0 amide bonds. The molecule has 0 bridgehead atoms. The molecule has 0 unspecified atom stereocenters. The second-order valence-electron chi connectivity index (χ2n) is 7.67. The molecule has 1 radical (unpaired) electrons. The summed E-state index contributed by atoms with van der Waals surface area (Å²) in [6.45, 7) is 0. The fraction of sp³-hybridized carbons (Fsp3) is 0.136. The van der Waals surface area contributed by atoms with Gasteiger partial charge in [0.1, 0.15) is 23.7 Å². The zero-order chi connectivity index (χ0) is 23.2. The summed E-state index contributed by atoms with van der Waals surface area (Å²) in [5, 5.41) is 12.1. The normalized spacial score (nSPS) is 14.9. The predicted octanol–water partition coefficient (Wildman–Crippen LogP) is 3.31. The maximum absolute atomic E-state index is 13.3. The van der Waals surface area contributed by atoms with Gasteiger partial charge in [0, 0.05) is 35.3 Å². The number of nitrogens with zero attached hydrogens (tertiary/aromatic N) is 8. The van der Waals surface area contributed by atoms with Crippen molar-refractivity contribution in [2.24, 2.45) is 0 Å². The highest BCUT2D eigenvalue weighted by molar-refractivity contribution is 6.32. The maximum Gasteiger partial charge on any atom is 0.254 e. The fourth-order valence-electron chi connectivity index (χ4n) is 4.19. The molecule has 5 aromatic rings. The lowest BCUT2D eigenvalue weighted by atomic mass is 10.1. The van der Waals surface area contributed by atoms with E-state index in [1.807, 2.05) is 0 Å². The van der Waals surface area contributed by atoms with E-state index in [4.69, 9.17) is 28.2 Å². The van der Waals surface area contributed by atoms with Gasteiger partial charge in [-0.05, 0) is 41.1 Å². The molecule has 0 fully saturated rings. The molecular formula is C22H14Cl2N9O. The van der Waals surface area contributed by atoms with Crippen molar-refractivity contribution in [1.29, 1.82) is 0 Å². The summed E-state index contributed by atoms with van der Waals surface area (Å²) in [5.74, 6) is 1.24. The Balaban J connectivity index is 1.42. The Morgan fingerprint density at radius 3 is 2.82 bits per heavy atom. The van der Waals surface area contributed by atoms with E-state index in [2.05, 4.69) is 36.5 Å². The van der Waals surface area contributed by atoms with Crippen molar-refractivity contribution in [3.05, 3.63) is 87.2 Å². The van der Waals surface area contributed by atoms with Crippen LogP contribution in [-0.4, -0.2) is 44.7 Å². The lowest BCUT2D eigenvalue weighted by molar-refractivity contribution is 0.568. The summed E-state index contributed by atoms with van der Waals surface area (Å²) in [4.78, 5) is 30.1. The number of aromatic amines is 1. The van der Waals surface area contributed by atoms with Gasteiger partial charge in [-0.1, -0.05) is 29.3 Å². The first-order valence-electron chi connectivity index (χ1n) is 10.3. The monoisotopic (exact) mass is 490 g/mol. The van der Waals surface area contributed by atoms with Crippen molar-refractivity contribution in [1.82, 2.24) is 44.7 Å². The van der Waals surface area contributed by atoms with Gasteiger partial charge in [-0.15, -0.1) is 5.10 Å². The van der Waals surface area contributed by atoms with E-state index in [1.54, 1.807) is 41.1 Å². The second kappa shape index (κ2) is 8.15. The van der Waals surface area contributed by atoms with Crippen LogP contribution in [0.4, 0.5) is 0 Å². The molecular weight excluding hydrogens is 477 g/mol. The molecule has 1 aliphatic rings. The van der Waals surface area contributed by atoms with Gasteiger partial charge < -0.3 is 4.98 Å². The number of imidazole rings is 1. The number of rotatable bonds is 4. The van der Waals surface area contributed by atoms with Crippen LogP contribution in [-0.2, 0) is 6.42 Å². The summed E-state index contributed by atoms with van der Waals surface area (Å²) in [5.41, 5.74) is 2.86. The van der Waals surface area contributed by atoms with Crippen molar-refractivity contribution in [2.45, 2.75) is 18.9 Å². The van der Waals surface area contributed by atoms with Gasteiger partial charge in [-0.3, -0.25) is 14.3 Å². The van der Waals surface area contributed by atoms with Gasteiger partial charge in [0.15, 0.2) is 5.15 Å². The number of fused-ring (bicyclic) bond motifs is 1. The van der Waals surface area contributed by atoms with E-state index in [1.165, 1.54) is 17.1 Å². The van der Waals surface area contributed by atoms with Gasteiger partial charge >= 0.3 is 0 Å². The lowest BCUT2D eigenvalue weighted by Crippen LogP contribution is -2.25. The van der Waals surface area contributed by atoms with E-state index in [0.29, 0.717) is 63.0 Å². The average Bonchev–Trinajstić information content (AvgIpc) is 3.59. The van der Waals surface area contributed by atoms with E-state index >= 15 is 0 Å². The zero-order valence-electron chi connectivity index (χ0n) is 17.4. The number of pyridine rings is 1. The number of hydrogen-bond acceptors (Lipinski definition) is 7. The first-order valence-corrected chi connectivity index (χ1v) is 11.1. The average molecular weight is 491 g/mol. The quantitative estimate of drug-likeness (QED) is 0.410. The van der Waals surface area contributed by atoms with Gasteiger partial charge in [0.2, 0.25) is 0 Å². The number of benzene rings is 1. The van der Waals surface area contributed by atoms with Gasteiger partial charge in [0.25, 0.3) is 5.56 Å². The summed E-state index contributed by atoms with van der Waals surface area (Å²) in [7, 11) is 0. The molecule has 1 N–H and O–H groups in total. The highest BCUT2D eigenvalue weighted by atomic mass is 35.5. The molecule has 5 heterocycles. The lowest BCUT2D eigenvalue weighted by Gasteiger charge is -2.14. The molecule has 0 aliphatic carbocycles. The molecule has 4 aromatic heterocycles. The molecule has 10 nitrogen and oxygen atoms in total. The highest BCUT2D eigenvalue weighted by Crippen LogP contribution is 2.34. The minimum Gasteiger partial charge on any atom is -0.338 e. The number of nitrogens with one attached hydrogen (secondary N) is 1. The van der Waals surface area contributed by atoms with Crippen LogP contribution in [0.1, 0.15) is 24.1 Å². The van der Waals surface area contributed by atoms with Crippen molar-refractivity contribution in [3.63, 3.8) is 0 Å². The third kappa shape index (κ3) is 3.47. The van der Waals surface area contributed by atoms with Crippen molar-refractivity contribution in [3.8, 4) is 28.3 Å². The summed E-state index contributed by atoms with van der Waals surface area (Å²) in [6, 6.07) is 12.8. The highest BCUT2D eigenvalue weighted by Gasteiger charge is 2.30. The zero-order valence-corrected chi connectivity index (χ0v) is 18.9. The topological polar surface area (TPSA) is 120 Å². The minimum absolute atomic E-state index is 0.202. The molecule has 0 saturated carbocycles. The van der Waals surface area contributed by atoms with Crippen molar-refractivity contribution in [2.75, 3.05) is 0 Å². The van der Waals surface area contributed by atoms with Gasteiger partial charge in [0.05, 0.1) is 23.1 Å². The van der Waals surface area contributed by atoms with Crippen LogP contribution in [0, 0.1) is 6.07 Å². The number of aromatic nitrogens is 9. The van der Waals surface area contributed by atoms with Crippen LogP contribution >= 0.6 is 23.2 Å². The fourth-order valence-corrected chi connectivity index (χ4v) is 4.60. The minimum atomic E-state index is -0.316. The molecule has 12 heteroatoms. The Labute approximate surface area is 202 Å². The standard InChI is InChI=1S/C22H14Cl2N9O/c23-12-4-5-16(32-11-26-30-31-32)13(9-12)15-10-19(34)33-17(6-7-18(33)27-15)22-28-20(21(24)29-22)14-3-1-2-8-25-14/h1,3-5,8-11,17H,6-7H2,(H,28,29)/t17-/m0/s1. The number of H-pyrrole nitrogens is 1. The summed E-state index contributed by atoms with van der Waals surface area (Å²) >= 11 is 12.6. The number of hydrogen-bond donors (Lipinski definition) is 1. The number of aryl methyl sites for hydroxylation is 1. The third-order valence-corrected chi connectivity index (χ3v) is 6.18. The molecule has 0 saturated heterocycles. The first kappa shape index (κ1) is 20.7. The molecule has 1 atom stereocenters. The Kier molecular flexibility index (Phi) is 4.96. The second-order valence-corrected chi connectivity index (χ2v) is 8.46. The SMILES string of the molecule is O=c1cc(-c2cc(Cl)ccc2-n2cnnn2)nc2n1[C@H](c1nc(Cl)c(-c3cc[c]cn3)[nH]1)CC2. The molecule has 1 aliphatic heterocycles. The molecule has 0 spiro atoms. The van der Waals surface area contributed by atoms with E-state index in [0.717, 1.165) is 0 Å². The predicted molar refractivity (Wildman–Crippen MR) is 124 cm³/mol. The van der Waals surface area contributed by atoms with E-state index in [9.17, 15) is 4.79 Å². The Bertz CT molecular complexity index is 1560. The van der Waals surface area contributed by atoms with Gasteiger partial charge in [-0.2, -0.15) is 4.68 Å². The first-order chi connectivity index (χ1) is 16.6. The number of tetrazole rings is 1. The summed E-state index contributed by atoms with van der Waals surface area (Å²) < 4.78 is 3.15. The van der Waals surface area contributed by atoms with Crippen LogP contribution in [0.2, 0.25) is 10.2 Å². The Morgan fingerprint density at radius 1 is 1.12 bits per heavy atom. The summed E-state index contributed by atoms with van der Waals surface area (Å²) in [6.07, 6.45) is 4.29. The van der Waals surface area contributed by atoms with Crippen molar-refractivity contribution < 1.29 is 0 Å². The van der Waals surface area contributed by atoms with Crippen LogP contribution in [0.3, 0.4) is 0 Å². The van der Waals surface area contributed by atoms with Crippen LogP contribution in [0.5, 0.6) is 0 Å². The molecule has 1 aromatic carbocycles. The smallest absolute Gasteiger partial charge is 0.254 e. The van der Waals surface area contributed by atoms with E-state index < -0.39 is 0 Å². The van der Waals surface area contributed by atoms with Gasteiger partial charge in [-0.25, -0.2) is 9.97 Å². The number of halogens is 2. The molecule has 34 heavy (non-hydrogen) atoms. The molecule has 6 rings (SSSR count). The molecule has 167 valence electrons. The Hall–Kier alpha value is -3.89. The van der Waals surface area contributed by atoms with Crippen LogP contribution in [0.25, 0.3) is 28.3 Å². The third-order valence-electron chi connectivity index (χ3n) is 5.67. The van der Waals surface area contributed by atoms with Crippen LogP contribution < -0.4 is 5.56 Å². The largest absolute Gasteiger partial charge is 0.338 e. The van der Waals surface area contributed by atoms with Crippen LogP contribution in [0.15, 0.2) is 53.7 Å².